The Hall–Kier alpha value is -5.33. The number of rotatable bonds is 13. The Morgan fingerprint density at radius 2 is 1.93 bits per heavy atom. The highest BCUT2D eigenvalue weighted by molar-refractivity contribution is 6.07. The van der Waals surface area contributed by atoms with Gasteiger partial charge >= 0.3 is 12.1 Å². The fraction of sp³-hybridized carbons (Fsp3) is 0.333. The quantitative estimate of drug-likeness (QED) is 0.0840. The molecule has 0 bridgehead atoms. The van der Waals surface area contributed by atoms with Gasteiger partial charge in [-0.3, -0.25) is 14.5 Å². The standard InChI is InChI=1S/C33H38FN7O5/c1-5-6-9-18-46-33(44)39-30(35)24-20-23(12-13-25(24)34)37-21(2)31-38-26-19-22(11-14-27(26)40(31)3)32(43)41(17-15-29(42)45-4)28-10-7-8-16-36-28/h7-8,10-14,16,19-21,37H,5-6,9,15,17-18H2,1-4H3,(H2,35,39,44). The Morgan fingerprint density at radius 1 is 1.13 bits per heavy atom. The third-order valence-corrected chi connectivity index (χ3v) is 7.30. The van der Waals surface area contributed by atoms with Crippen LogP contribution in [0.5, 0.6) is 0 Å². The Morgan fingerprint density at radius 3 is 2.65 bits per heavy atom. The van der Waals surface area contributed by atoms with Gasteiger partial charge in [0.15, 0.2) is 0 Å². The highest BCUT2D eigenvalue weighted by Gasteiger charge is 2.22. The number of anilines is 2. The number of nitrogens with zero attached hydrogens (tertiary/aromatic N) is 5. The fourth-order valence-corrected chi connectivity index (χ4v) is 4.86. The highest BCUT2D eigenvalue weighted by Crippen LogP contribution is 2.26. The lowest BCUT2D eigenvalue weighted by molar-refractivity contribution is -0.140. The van der Waals surface area contributed by atoms with E-state index in [4.69, 9.17) is 20.2 Å². The number of nitrogens with two attached hydrogens (primary N) is 1. The van der Waals surface area contributed by atoms with E-state index in [1.807, 2.05) is 25.5 Å². The van der Waals surface area contributed by atoms with Crippen LogP contribution in [0.15, 0.2) is 65.8 Å². The van der Waals surface area contributed by atoms with Crippen LogP contribution in [-0.2, 0) is 21.3 Å². The average Bonchev–Trinajstić information content (AvgIpc) is 3.39. The van der Waals surface area contributed by atoms with Gasteiger partial charge in [-0.2, -0.15) is 4.99 Å². The molecule has 13 heteroatoms. The van der Waals surface area contributed by atoms with Crippen LogP contribution in [0, 0.1) is 5.82 Å². The molecule has 0 aliphatic heterocycles. The summed E-state index contributed by atoms with van der Waals surface area (Å²) in [5.41, 5.74) is 8.18. The van der Waals surface area contributed by atoms with E-state index in [0.717, 1.165) is 18.4 Å². The summed E-state index contributed by atoms with van der Waals surface area (Å²) in [6.45, 7) is 4.23. The molecule has 2 aromatic carbocycles. The van der Waals surface area contributed by atoms with Gasteiger partial charge in [0.05, 0.1) is 42.8 Å². The number of esters is 1. The number of aryl methyl sites for hydroxylation is 1. The van der Waals surface area contributed by atoms with Crippen LogP contribution in [0.4, 0.5) is 20.7 Å². The van der Waals surface area contributed by atoms with E-state index in [2.05, 4.69) is 15.3 Å². The summed E-state index contributed by atoms with van der Waals surface area (Å²) in [6, 6.07) is 14.3. The number of benzene rings is 2. The van der Waals surface area contributed by atoms with E-state index >= 15 is 0 Å². The summed E-state index contributed by atoms with van der Waals surface area (Å²) in [5.74, 6) is -0.654. The predicted octanol–water partition coefficient (Wildman–Crippen LogP) is 5.52. The Bertz CT molecular complexity index is 1720. The lowest BCUT2D eigenvalue weighted by Crippen LogP contribution is -2.33. The topological polar surface area (TPSA) is 154 Å². The van der Waals surface area contributed by atoms with E-state index < -0.39 is 17.9 Å². The molecule has 1 unspecified atom stereocenters. The molecule has 0 spiro atoms. The molecule has 12 nitrogen and oxygen atoms in total. The number of carbonyl (C=O) groups is 3. The van der Waals surface area contributed by atoms with Crippen LogP contribution < -0.4 is 16.0 Å². The number of fused-ring (bicyclic) bond motifs is 1. The van der Waals surface area contributed by atoms with Crippen LogP contribution in [0.1, 0.15) is 67.3 Å². The molecule has 2 heterocycles. The van der Waals surface area contributed by atoms with Gasteiger partial charge in [0.25, 0.3) is 5.91 Å². The molecule has 242 valence electrons. The lowest BCUT2D eigenvalue weighted by Gasteiger charge is -2.21. The monoisotopic (exact) mass is 631 g/mol. The van der Waals surface area contributed by atoms with Gasteiger partial charge in [-0.1, -0.05) is 25.8 Å². The summed E-state index contributed by atoms with van der Waals surface area (Å²) in [7, 11) is 3.15. The number of halogens is 1. The Labute approximate surface area is 266 Å². The molecule has 3 N–H and O–H groups in total. The predicted molar refractivity (Wildman–Crippen MR) is 173 cm³/mol. The van der Waals surface area contributed by atoms with E-state index in [9.17, 15) is 18.8 Å². The van der Waals surface area contributed by atoms with Gasteiger partial charge in [0.1, 0.15) is 23.3 Å². The molecular weight excluding hydrogens is 593 g/mol. The Balaban J connectivity index is 1.53. The molecular formula is C33H38FN7O5. The van der Waals surface area contributed by atoms with Crippen molar-refractivity contribution in [2.24, 2.45) is 17.8 Å². The molecule has 4 rings (SSSR count). The minimum atomic E-state index is -0.871. The van der Waals surface area contributed by atoms with E-state index in [0.29, 0.717) is 34.8 Å². The van der Waals surface area contributed by atoms with Crippen LogP contribution >= 0.6 is 0 Å². The maximum absolute atomic E-state index is 14.6. The molecule has 46 heavy (non-hydrogen) atoms. The summed E-state index contributed by atoms with van der Waals surface area (Å²) < 4.78 is 26.3. The molecule has 4 aromatic rings. The molecule has 1 atom stereocenters. The number of unbranched alkanes of at least 4 members (excludes halogenated alkanes) is 2. The van der Waals surface area contributed by atoms with Gasteiger partial charge in [-0.15, -0.1) is 0 Å². The van der Waals surface area contributed by atoms with Crippen LogP contribution in [0.25, 0.3) is 11.0 Å². The van der Waals surface area contributed by atoms with Crippen molar-refractivity contribution in [2.75, 3.05) is 30.5 Å². The van der Waals surface area contributed by atoms with Crippen molar-refractivity contribution in [1.29, 1.82) is 0 Å². The molecule has 0 radical (unpaired) electrons. The number of amidine groups is 1. The largest absolute Gasteiger partial charge is 0.469 e. The molecule has 2 amide bonds. The molecule has 0 aliphatic carbocycles. The molecule has 0 fully saturated rings. The van der Waals surface area contributed by atoms with Crippen molar-refractivity contribution in [1.82, 2.24) is 14.5 Å². The van der Waals surface area contributed by atoms with Crippen molar-refractivity contribution in [2.45, 2.75) is 45.6 Å². The number of amides is 2. The molecule has 0 saturated heterocycles. The minimum absolute atomic E-state index is 0.00368. The summed E-state index contributed by atoms with van der Waals surface area (Å²) >= 11 is 0. The number of aromatic nitrogens is 3. The van der Waals surface area contributed by atoms with Gasteiger partial charge in [0, 0.05) is 31.0 Å². The maximum Gasteiger partial charge on any atom is 0.435 e. The first kappa shape index (κ1) is 33.6. The lowest BCUT2D eigenvalue weighted by atomic mass is 10.1. The minimum Gasteiger partial charge on any atom is -0.469 e. The maximum atomic E-state index is 14.6. The molecule has 2 aromatic heterocycles. The SMILES string of the molecule is CCCCCOC(=O)/N=C(\N)c1cc(NC(C)c2nc3cc(C(=O)N(CCC(=O)OC)c4ccccn4)ccc3n2C)ccc1F. The first-order valence-electron chi connectivity index (χ1n) is 15.0. The van der Waals surface area contributed by atoms with Crippen molar-refractivity contribution in [3.05, 3.63) is 83.6 Å². The number of carbonyl (C=O) groups excluding carboxylic acids is 3. The number of pyridine rings is 1. The second kappa shape index (κ2) is 15.6. The number of aliphatic imine (C=N–C) groups is 1. The van der Waals surface area contributed by atoms with Crippen molar-refractivity contribution >= 4 is 46.3 Å². The normalized spacial score (nSPS) is 12.1. The van der Waals surface area contributed by atoms with Gasteiger partial charge in [-0.05, 0) is 61.9 Å². The highest BCUT2D eigenvalue weighted by atomic mass is 19.1. The van der Waals surface area contributed by atoms with E-state index in [1.54, 1.807) is 48.7 Å². The zero-order valence-electron chi connectivity index (χ0n) is 26.3. The summed E-state index contributed by atoms with van der Waals surface area (Å²) in [5, 5.41) is 3.29. The first-order chi connectivity index (χ1) is 22.1. The third kappa shape index (κ3) is 8.23. The summed E-state index contributed by atoms with van der Waals surface area (Å²) in [4.78, 5) is 51.7. The molecule has 0 aliphatic rings. The fourth-order valence-electron chi connectivity index (χ4n) is 4.86. The van der Waals surface area contributed by atoms with E-state index in [-0.39, 0.29) is 42.9 Å². The van der Waals surface area contributed by atoms with E-state index in [1.165, 1.54) is 24.1 Å². The second-order valence-electron chi connectivity index (χ2n) is 10.6. The van der Waals surface area contributed by atoms with Crippen LogP contribution in [0.3, 0.4) is 0 Å². The number of ether oxygens (including phenoxy) is 2. The number of methoxy groups -OCH3 is 1. The zero-order chi connectivity index (χ0) is 33.2. The van der Waals surface area contributed by atoms with Crippen LogP contribution in [-0.4, -0.2) is 58.6 Å². The number of hydrogen-bond acceptors (Lipinski definition) is 8. The van der Waals surface area contributed by atoms with Crippen molar-refractivity contribution < 1.29 is 28.2 Å². The van der Waals surface area contributed by atoms with Crippen molar-refractivity contribution in [3.8, 4) is 0 Å². The smallest absolute Gasteiger partial charge is 0.435 e. The van der Waals surface area contributed by atoms with Crippen LogP contribution in [0.2, 0.25) is 0 Å². The number of hydrogen-bond donors (Lipinski definition) is 2. The number of nitrogens with one attached hydrogen (secondary N) is 1. The van der Waals surface area contributed by atoms with Crippen molar-refractivity contribution in [3.63, 3.8) is 0 Å². The average molecular weight is 632 g/mol. The first-order valence-corrected chi connectivity index (χ1v) is 15.0. The van der Waals surface area contributed by atoms with Gasteiger partial charge in [0.2, 0.25) is 0 Å². The third-order valence-electron chi connectivity index (χ3n) is 7.30. The van der Waals surface area contributed by atoms with Gasteiger partial charge in [-0.25, -0.2) is 19.2 Å². The second-order valence-corrected chi connectivity index (χ2v) is 10.6. The molecule has 0 saturated carbocycles. The summed E-state index contributed by atoms with van der Waals surface area (Å²) in [6.07, 6.45) is 3.32. The zero-order valence-corrected chi connectivity index (χ0v) is 26.3. The number of imidazole rings is 1. The van der Waals surface area contributed by atoms with Gasteiger partial charge < -0.3 is 25.1 Å². The Kier molecular flexibility index (Phi) is 11.4.